The van der Waals surface area contributed by atoms with Crippen LogP contribution in [0.2, 0.25) is 5.02 Å². The van der Waals surface area contributed by atoms with Crippen LogP contribution < -0.4 is 5.73 Å². The molecule has 1 heterocycles. The van der Waals surface area contributed by atoms with E-state index in [0.29, 0.717) is 6.42 Å². The number of benzene rings is 2. The summed E-state index contributed by atoms with van der Waals surface area (Å²) in [7, 11) is -4.11. The van der Waals surface area contributed by atoms with Crippen LogP contribution in [0.25, 0.3) is 11.1 Å². The number of sulfonamides is 1. The zero-order valence-electron chi connectivity index (χ0n) is 14.8. The van der Waals surface area contributed by atoms with Crippen molar-refractivity contribution in [3.63, 3.8) is 0 Å². The first-order valence-electron chi connectivity index (χ1n) is 8.44. The second-order valence-electron chi connectivity index (χ2n) is 6.56. The molecule has 1 unspecified atom stereocenters. The Hall–Kier alpha value is -2.30. The third-order valence-electron chi connectivity index (χ3n) is 4.66. The number of hydrogen-bond donors (Lipinski definition) is 2. The Morgan fingerprint density at radius 1 is 1.21 bits per heavy atom. The fourth-order valence-corrected chi connectivity index (χ4v) is 5.34. The van der Waals surface area contributed by atoms with Crippen LogP contribution in [-0.2, 0) is 21.0 Å². The maximum atomic E-state index is 13.4. The van der Waals surface area contributed by atoms with Crippen molar-refractivity contribution < 1.29 is 31.5 Å². The number of halogens is 4. The Morgan fingerprint density at radius 3 is 2.38 bits per heavy atom. The molecule has 11 heteroatoms. The highest BCUT2D eigenvalue weighted by Gasteiger charge is 2.39. The van der Waals surface area contributed by atoms with E-state index in [0.717, 1.165) is 22.5 Å². The molecule has 2 aromatic carbocycles. The number of nitrogens with two attached hydrogens (primary N) is 1. The lowest BCUT2D eigenvalue weighted by Crippen LogP contribution is -2.40. The number of alkyl halides is 3. The number of nitrogens with zero attached hydrogens (tertiary/aromatic N) is 1. The predicted molar refractivity (Wildman–Crippen MR) is 101 cm³/mol. The van der Waals surface area contributed by atoms with Crippen molar-refractivity contribution in [3.05, 3.63) is 47.0 Å². The summed E-state index contributed by atoms with van der Waals surface area (Å²) in [6.07, 6.45) is -4.11. The first kappa shape index (κ1) is 21.4. The predicted octanol–water partition coefficient (Wildman–Crippen LogP) is 3.85. The highest BCUT2D eigenvalue weighted by atomic mass is 35.5. The van der Waals surface area contributed by atoms with E-state index in [9.17, 15) is 31.5 Å². The van der Waals surface area contributed by atoms with Crippen LogP contribution in [0.1, 0.15) is 18.4 Å². The normalized spacial score (nSPS) is 18.1. The van der Waals surface area contributed by atoms with Gasteiger partial charge in [-0.05, 0) is 42.7 Å². The molecule has 29 heavy (non-hydrogen) atoms. The standard InChI is InChI=1S/C18H16ClF3N2O4S/c19-14-9-11(23)8-13(18(20,21)22)16(14)10-3-5-12(6-4-10)29(27,28)24-7-1-2-15(24)17(25)26/h3-6,8-9,15H,1-2,7,23H2,(H,25,26). The number of hydrogen-bond acceptors (Lipinski definition) is 4. The molecule has 6 nitrogen and oxygen atoms in total. The maximum Gasteiger partial charge on any atom is 0.417 e. The molecule has 3 rings (SSSR count). The third-order valence-corrected chi connectivity index (χ3v) is 6.88. The molecule has 0 amide bonds. The van der Waals surface area contributed by atoms with E-state index >= 15 is 0 Å². The topological polar surface area (TPSA) is 101 Å². The van der Waals surface area contributed by atoms with Crippen molar-refractivity contribution in [1.82, 2.24) is 4.31 Å². The molecule has 1 aliphatic heterocycles. The minimum absolute atomic E-state index is 0.0532. The van der Waals surface area contributed by atoms with Crippen LogP contribution >= 0.6 is 11.6 Å². The highest BCUT2D eigenvalue weighted by Crippen LogP contribution is 2.42. The number of anilines is 1. The zero-order chi connectivity index (χ0) is 21.6. The van der Waals surface area contributed by atoms with Gasteiger partial charge in [0.05, 0.1) is 15.5 Å². The van der Waals surface area contributed by atoms with E-state index in [1.165, 1.54) is 18.2 Å². The second kappa shape index (κ2) is 7.51. The van der Waals surface area contributed by atoms with Crippen molar-refractivity contribution in [2.24, 2.45) is 0 Å². The third kappa shape index (κ3) is 4.05. The van der Waals surface area contributed by atoms with Gasteiger partial charge in [0.15, 0.2) is 0 Å². The molecule has 1 fully saturated rings. The minimum Gasteiger partial charge on any atom is -0.480 e. The largest absolute Gasteiger partial charge is 0.480 e. The van der Waals surface area contributed by atoms with E-state index in [-0.39, 0.29) is 39.7 Å². The van der Waals surface area contributed by atoms with E-state index in [2.05, 4.69) is 0 Å². The van der Waals surface area contributed by atoms with Crippen LogP contribution in [0.5, 0.6) is 0 Å². The van der Waals surface area contributed by atoms with Crippen LogP contribution in [0.15, 0.2) is 41.3 Å². The Bertz CT molecular complexity index is 1060. The SMILES string of the molecule is Nc1cc(Cl)c(-c2ccc(S(=O)(=O)N3CCCC3C(=O)O)cc2)c(C(F)(F)F)c1. The second-order valence-corrected chi connectivity index (χ2v) is 8.86. The summed E-state index contributed by atoms with van der Waals surface area (Å²) in [5.74, 6) is -1.24. The van der Waals surface area contributed by atoms with Gasteiger partial charge in [-0.1, -0.05) is 23.7 Å². The Balaban J connectivity index is 2.03. The molecule has 156 valence electrons. The number of carboxylic acids is 1. The minimum atomic E-state index is -4.72. The van der Waals surface area contributed by atoms with Gasteiger partial charge in [-0.25, -0.2) is 8.42 Å². The molecule has 1 aliphatic rings. The Morgan fingerprint density at radius 2 is 1.83 bits per heavy atom. The van der Waals surface area contributed by atoms with Gasteiger partial charge in [-0.15, -0.1) is 0 Å². The quantitative estimate of drug-likeness (QED) is 0.692. The van der Waals surface area contributed by atoms with Gasteiger partial charge in [-0.3, -0.25) is 4.79 Å². The molecule has 0 bridgehead atoms. The van der Waals surface area contributed by atoms with Gasteiger partial charge in [0.25, 0.3) is 0 Å². The van der Waals surface area contributed by atoms with E-state index < -0.39 is 33.8 Å². The van der Waals surface area contributed by atoms with Gasteiger partial charge in [0.2, 0.25) is 10.0 Å². The van der Waals surface area contributed by atoms with Gasteiger partial charge < -0.3 is 10.8 Å². The van der Waals surface area contributed by atoms with Crippen LogP contribution in [-0.4, -0.2) is 36.4 Å². The molecular weight excluding hydrogens is 433 g/mol. The first-order valence-corrected chi connectivity index (χ1v) is 10.3. The molecule has 0 radical (unpaired) electrons. The van der Waals surface area contributed by atoms with E-state index in [1.807, 2.05) is 0 Å². The summed E-state index contributed by atoms with van der Waals surface area (Å²) >= 11 is 5.99. The summed E-state index contributed by atoms with van der Waals surface area (Å²) in [4.78, 5) is 11.1. The number of carbonyl (C=O) groups is 1. The van der Waals surface area contributed by atoms with Crippen molar-refractivity contribution in [2.75, 3.05) is 12.3 Å². The number of carboxylic acid groups (broad SMARTS) is 1. The lowest BCUT2D eigenvalue weighted by atomic mass is 9.98. The zero-order valence-corrected chi connectivity index (χ0v) is 16.4. The molecular formula is C18H16ClF3N2O4S. The molecule has 0 spiro atoms. The average Bonchev–Trinajstić information content (AvgIpc) is 3.11. The fraction of sp³-hybridized carbons (Fsp3) is 0.278. The number of rotatable bonds is 4. The van der Waals surface area contributed by atoms with Gasteiger partial charge in [-0.2, -0.15) is 17.5 Å². The van der Waals surface area contributed by atoms with Crippen molar-refractivity contribution in [3.8, 4) is 11.1 Å². The van der Waals surface area contributed by atoms with E-state index in [4.69, 9.17) is 17.3 Å². The van der Waals surface area contributed by atoms with Gasteiger partial charge in [0.1, 0.15) is 6.04 Å². The van der Waals surface area contributed by atoms with Crippen LogP contribution in [0, 0.1) is 0 Å². The Labute approximate surface area is 169 Å². The summed E-state index contributed by atoms with van der Waals surface area (Å²) < 4.78 is 66.7. The van der Waals surface area contributed by atoms with Crippen LogP contribution in [0.4, 0.5) is 18.9 Å². The summed E-state index contributed by atoms with van der Waals surface area (Å²) in [5, 5.41) is 8.99. The maximum absolute atomic E-state index is 13.4. The summed E-state index contributed by atoms with van der Waals surface area (Å²) in [6.45, 7) is 0.0586. The Kier molecular flexibility index (Phi) is 5.54. The highest BCUT2D eigenvalue weighted by molar-refractivity contribution is 7.89. The summed E-state index contributed by atoms with van der Waals surface area (Å²) in [5.41, 5.74) is 4.02. The number of nitrogen functional groups attached to an aromatic ring is 1. The van der Waals surface area contributed by atoms with E-state index in [1.54, 1.807) is 0 Å². The molecule has 0 aliphatic carbocycles. The van der Waals surface area contributed by atoms with Gasteiger partial charge in [0, 0.05) is 17.8 Å². The van der Waals surface area contributed by atoms with Crippen LogP contribution in [0.3, 0.4) is 0 Å². The smallest absolute Gasteiger partial charge is 0.417 e. The van der Waals surface area contributed by atoms with Crippen molar-refractivity contribution in [2.45, 2.75) is 30.0 Å². The fourth-order valence-electron chi connectivity index (χ4n) is 3.35. The average molecular weight is 449 g/mol. The lowest BCUT2D eigenvalue weighted by Gasteiger charge is -2.21. The number of aliphatic carboxylic acids is 1. The van der Waals surface area contributed by atoms with Crippen molar-refractivity contribution >= 4 is 33.3 Å². The molecule has 0 aromatic heterocycles. The molecule has 1 atom stereocenters. The molecule has 0 saturated carbocycles. The molecule has 1 saturated heterocycles. The first-order chi connectivity index (χ1) is 13.4. The molecule has 2 aromatic rings. The van der Waals surface area contributed by atoms with Gasteiger partial charge >= 0.3 is 12.1 Å². The monoisotopic (exact) mass is 448 g/mol. The summed E-state index contributed by atoms with van der Waals surface area (Å²) in [6, 6.07) is 5.44. The van der Waals surface area contributed by atoms with Crippen molar-refractivity contribution in [1.29, 1.82) is 0 Å². The molecule has 3 N–H and O–H groups in total. The lowest BCUT2D eigenvalue weighted by molar-refractivity contribution is -0.140.